The molecule has 0 aliphatic heterocycles. The SMILES string of the molecule is Nc1ccn(C/C=C\COC(C(=O)O)P(=O)(O)O)c(=O)n1. The van der Waals surface area contributed by atoms with Crippen molar-refractivity contribution in [3.63, 3.8) is 0 Å². The van der Waals surface area contributed by atoms with Crippen LogP contribution in [0.15, 0.2) is 29.2 Å². The van der Waals surface area contributed by atoms with Crippen molar-refractivity contribution >= 4 is 19.4 Å². The zero-order valence-electron chi connectivity index (χ0n) is 10.7. The molecule has 0 saturated carbocycles. The second-order valence-corrected chi connectivity index (χ2v) is 5.52. The number of hydrogen-bond donors (Lipinski definition) is 4. The third-order valence-corrected chi connectivity index (χ3v) is 3.21. The number of anilines is 1. The summed E-state index contributed by atoms with van der Waals surface area (Å²) in [6, 6.07) is 1.43. The second kappa shape index (κ2) is 7.14. The van der Waals surface area contributed by atoms with Gasteiger partial charge in [0.05, 0.1) is 6.61 Å². The largest absolute Gasteiger partial charge is 0.479 e. The smallest absolute Gasteiger partial charge is 0.365 e. The van der Waals surface area contributed by atoms with E-state index >= 15 is 0 Å². The minimum Gasteiger partial charge on any atom is -0.479 e. The molecule has 116 valence electrons. The molecule has 1 heterocycles. The number of rotatable bonds is 7. The Bertz CT molecular complexity index is 636. The monoisotopic (exact) mass is 319 g/mol. The van der Waals surface area contributed by atoms with E-state index in [1.165, 1.54) is 29.0 Å². The highest BCUT2D eigenvalue weighted by atomic mass is 31.2. The van der Waals surface area contributed by atoms with Crippen molar-refractivity contribution in [3.8, 4) is 0 Å². The average Bonchev–Trinajstić information content (AvgIpc) is 2.33. The van der Waals surface area contributed by atoms with E-state index in [9.17, 15) is 14.2 Å². The van der Waals surface area contributed by atoms with Gasteiger partial charge in [0.1, 0.15) is 5.82 Å². The predicted molar refractivity (Wildman–Crippen MR) is 71.5 cm³/mol. The number of hydrogen-bond acceptors (Lipinski definition) is 6. The molecular weight excluding hydrogens is 305 g/mol. The van der Waals surface area contributed by atoms with Gasteiger partial charge in [-0.15, -0.1) is 0 Å². The lowest BCUT2D eigenvalue weighted by Gasteiger charge is -2.13. The van der Waals surface area contributed by atoms with Crippen LogP contribution in [0.25, 0.3) is 0 Å². The van der Waals surface area contributed by atoms with Crippen LogP contribution >= 0.6 is 7.60 Å². The van der Waals surface area contributed by atoms with E-state index in [0.29, 0.717) is 0 Å². The van der Waals surface area contributed by atoms with E-state index < -0.39 is 25.1 Å². The summed E-state index contributed by atoms with van der Waals surface area (Å²) in [6.45, 7) is -0.206. The average molecular weight is 319 g/mol. The number of ether oxygens (including phenoxy) is 1. The lowest BCUT2D eigenvalue weighted by atomic mass is 10.5. The van der Waals surface area contributed by atoms with Gasteiger partial charge in [-0.1, -0.05) is 12.2 Å². The van der Waals surface area contributed by atoms with E-state index in [4.69, 9.17) is 20.6 Å². The molecule has 0 spiro atoms. The standard InChI is InChI=1S/C10H14N3O7P/c11-7-3-5-13(10(16)12-7)4-1-2-6-20-9(8(14)15)21(17,18)19/h1-3,5,9H,4,6H2,(H,14,15)(H2,11,12,16)(H2,17,18,19)/b2-1-. The maximum absolute atomic E-state index is 11.4. The number of carboxylic acid groups (broad SMARTS) is 1. The van der Waals surface area contributed by atoms with Crippen molar-refractivity contribution in [1.29, 1.82) is 0 Å². The highest BCUT2D eigenvalue weighted by Gasteiger charge is 2.36. The van der Waals surface area contributed by atoms with Crippen molar-refractivity contribution in [2.45, 2.75) is 12.4 Å². The van der Waals surface area contributed by atoms with Crippen LogP contribution in [-0.2, 0) is 20.6 Å². The molecule has 0 aliphatic carbocycles. The first-order chi connectivity index (χ1) is 9.71. The molecule has 0 fully saturated rings. The fourth-order valence-electron chi connectivity index (χ4n) is 1.30. The number of aromatic nitrogens is 2. The normalized spacial score (nSPS) is 13.4. The number of nitrogens with two attached hydrogens (primary N) is 1. The molecule has 0 saturated heterocycles. The van der Waals surface area contributed by atoms with Crippen LogP contribution in [0.2, 0.25) is 0 Å². The summed E-state index contributed by atoms with van der Waals surface area (Å²) in [4.78, 5) is 43.0. The highest BCUT2D eigenvalue weighted by molar-refractivity contribution is 7.53. The molecule has 11 heteroatoms. The quantitative estimate of drug-likeness (QED) is 0.363. The summed E-state index contributed by atoms with van der Waals surface area (Å²) in [5.41, 5.74) is 4.76. The Kier molecular flexibility index (Phi) is 5.79. The molecule has 1 rings (SSSR count). The summed E-state index contributed by atoms with van der Waals surface area (Å²) in [7, 11) is -4.89. The van der Waals surface area contributed by atoms with Gasteiger partial charge in [0.15, 0.2) is 0 Å². The van der Waals surface area contributed by atoms with Crippen molar-refractivity contribution in [2.75, 3.05) is 12.3 Å². The number of nitrogen functional groups attached to an aromatic ring is 1. The van der Waals surface area contributed by atoms with Crippen LogP contribution in [0.1, 0.15) is 0 Å². The van der Waals surface area contributed by atoms with Crippen LogP contribution in [0.3, 0.4) is 0 Å². The molecular formula is C10H14N3O7P. The van der Waals surface area contributed by atoms with E-state index in [1.54, 1.807) is 0 Å². The minimum absolute atomic E-state index is 0.0921. The Hall–Kier alpha value is -2.00. The Morgan fingerprint density at radius 2 is 2.19 bits per heavy atom. The second-order valence-electron chi connectivity index (χ2n) is 3.87. The van der Waals surface area contributed by atoms with Crippen LogP contribution in [0.5, 0.6) is 0 Å². The van der Waals surface area contributed by atoms with Crippen LogP contribution in [-0.4, -0.2) is 42.9 Å². The molecule has 1 atom stereocenters. The van der Waals surface area contributed by atoms with Crippen molar-refractivity contribution in [3.05, 3.63) is 34.9 Å². The summed E-state index contributed by atoms with van der Waals surface area (Å²) in [5.74, 6) is -3.88. The summed E-state index contributed by atoms with van der Waals surface area (Å²) in [6.07, 6.45) is 4.21. The van der Waals surface area contributed by atoms with Gasteiger partial charge in [-0.3, -0.25) is 9.13 Å². The summed E-state index contributed by atoms with van der Waals surface area (Å²) < 4.78 is 16.6. The molecule has 0 amide bonds. The molecule has 1 unspecified atom stereocenters. The Balaban J connectivity index is 2.54. The molecule has 10 nitrogen and oxygen atoms in total. The van der Waals surface area contributed by atoms with Gasteiger partial charge in [-0.2, -0.15) is 4.98 Å². The number of allylic oxidation sites excluding steroid dienone is 1. The van der Waals surface area contributed by atoms with Gasteiger partial charge >= 0.3 is 19.3 Å². The molecule has 0 bridgehead atoms. The molecule has 0 aliphatic rings. The Morgan fingerprint density at radius 1 is 1.52 bits per heavy atom. The molecule has 0 radical (unpaired) electrons. The van der Waals surface area contributed by atoms with Crippen LogP contribution in [0, 0.1) is 0 Å². The van der Waals surface area contributed by atoms with Gasteiger partial charge in [0, 0.05) is 12.7 Å². The van der Waals surface area contributed by atoms with Crippen LogP contribution in [0.4, 0.5) is 5.82 Å². The van der Waals surface area contributed by atoms with E-state index in [0.717, 1.165) is 0 Å². The first kappa shape index (κ1) is 17.1. The Morgan fingerprint density at radius 3 is 2.71 bits per heavy atom. The maximum atomic E-state index is 11.4. The number of aliphatic carboxylic acids is 1. The summed E-state index contributed by atoms with van der Waals surface area (Å²) in [5, 5.41) is 8.60. The number of carbonyl (C=O) groups is 1. The van der Waals surface area contributed by atoms with Gasteiger partial charge in [-0.25, -0.2) is 9.59 Å². The third-order valence-electron chi connectivity index (χ3n) is 2.23. The predicted octanol–water partition coefficient (Wildman–Crippen LogP) is -1.01. The van der Waals surface area contributed by atoms with E-state index in [1.807, 2.05) is 0 Å². The Labute approximate surface area is 118 Å². The minimum atomic E-state index is -4.89. The van der Waals surface area contributed by atoms with Crippen molar-refractivity contribution < 1.29 is 29.0 Å². The molecule has 21 heavy (non-hydrogen) atoms. The zero-order chi connectivity index (χ0) is 16.0. The number of nitrogens with zero attached hydrogens (tertiary/aromatic N) is 2. The third kappa shape index (κ3) is 5.48. The lowest BCUT2D eigenvalue weighted by Crippen LogP contribution is -2.24. The highest BCUT2D eigenvalue weighted by Crippen LogP contribution is 2.41. The molecule has 1 aromatic rings. The zero-order valence-corrected chi connectivity index (χ0v) is 11.6. The van der Waals surface area contributed by atoms with Gasteiger partial charge in [0.2, 0.25) is 0 Å². The molecule has 0 aromatic carbocycles. The summed E-state index contributed by atoms with van der Waals surface area (Å²) >= 11 is 0. The first-order valence-electron chi connectivity index (χ1n) is 5.59. The van der Waals surface area contributed by atoms with Gasteiger partial charge in [-0.05, 0) is 6.07 Å². The fraction of sp³-hybridized carbons (Fsp3) is 0.300. The van der Waals surface area contributed by atoms with Gasteiger partial charge < -0.3 is 25.4 Å². The maximum Gasteiger partial charge on any atom is 0.365 e. The van der Waals surface area contributed by atoms with Crippen molar-refractivity contribution in [1.82, 2.24) is 9.55 Å². The topological polar surface area (TPSA) is 165 Å². The van der Waals surface area contributed by atoms with Crippen LogP contribution < -0.4 is 11.4 Å². The fourth-order valence-corrected chi connectivity index (χ4v) is 1.86. The number of carboxylic acids is 1. The first-order valence-corrected chi connectivity index (χ1v) is 7.27. The van der Waals surface area contributed by atoms with E-state index in [-0.39, 0.29) is 19.0 Å². The van der Waals surface area contributed by atoms with Gasteiger partial charge in [0.25, 0.3) is 5.85 Å². The van der Waals surface area contributed by atoms with Crippen molar-refractivity contribution in [2.24, 2.45) is 0 Å². The molecule has 1 aromatic heterocycles. The lowest BCUT2D eigenvalue weighted by molar-refractivity contribution is -0.145. The molecule has 5 N–H and O–H groups in total. The van der Waals surface area contributed by atoms with E-state index in [2.05, 4.69) is 9.72 Å².